The zero-order valence-corrected chi connectivity index (χ0v) is 20.3. The van der Waals surface area contributed by atoms with Crippen LogP contribution in [0, 0.1) is 11.8 Å². The van der Waals surface area contributed by atoms with Crippen LogP contribution in [0.25, 0.3) is 0 Å². The van der Waals surface area contributed by atoms with Crippen molar-refractivity contribution in [1.82, 2.24) is 9.80 Å². The van der Waals surface area contributed by atoms with Gasteiger partial charge in [0.15, 0.2) is 0 Å². The van der Waals surface area contributed by atoms with Gasteiger partial charge in [0.1, 0.15) is 11.7 Å². The topological polar surface area (TPSA) is 79.3 Å². The van der Waals surface area contributed by atoms with Gasteiger partial charge in [-0.05, 0) is 97.8 Å². The molecule has 7 nitrogen and oxygen atoms in total. The summed E-state index contributed by atoms with van der Waals surface area (Å²) in [5.74, 6) is 1.16. The number of hydrogen-bond acceptors (Lipinski definition) is 5. The maximum absolute atomic E-state index is 12.5. The fourth-order valence-corrected chi connectivity index (χ4v) is 4.39. The van der Waals surface area contributed by atoms with E-state index in [2.05, 4.69) is 0 Å². The number of hydrogen-bond donors (Lipinski definition) is 1. The molecule has 0 spiro atoms. The van der Waals surface area contributed by atoms with E-state index >= 15 is 0 Å². The molecule has 1 N–H and O–H groups in total. The SMILES string of the molecule is C[C@H](O)CCC1CCN(C(=O)O[C@@H](C)CCC2CCN(C(=O)OC(C)(C)C)CC2)CC1. The van der Waals surface area contributed by atoms with Crippen LogP contribution in [-0.2, 0) is 9.47 Å². The number of rotatable bonds is 7. The second-order valence-corrected chi connectivity index (χ2v) is 10.5. The van der Waals surface area contributed by atoms with Crippen molar-refractivity contribution in [3.05, 3.63) is 0 Å². The van der Waals surface area contributed by atoms with Gasteiger partial charge in [-0.15, -0.1) is 0 Å². The first-order chi connectivity index (χ1) is 14.5. The maximum Gasteiger partial charge on any atom is 0.410 e. The zero-order valence-electron chi connectivity index (χ0n) is 20.3. The Hall–Kier alpha value is -1.50. The van der Waals surface area contributed by atoms with E-state index in [4.69, 9.17) is 9.47 Å². The third-order valence-corrected chi connectivity index (χ3v) is 6.42. The third-order valence-electron chi connectivity index (χ3n) is 6.42. The fourth-order valence-electron chi connectivity index (χ4n) is 4.39. The van der Waals surface area contributed by atoms with Gasteiger partial charge in [-0.25, -0.2) is 9.59 Å². The summed E-state index contributed by atoms with van der Waals surface area (Å²) >= 11 is 0. The average molecular weight is 441 g/mol. The molecule has 2 rings (SSSR count). The first kappa shape index (κ1) is 25.8. The molecule has 180 valence electrons. The van der Waals surface area contributed by atoms with Crippen LogP contribution in [0.4, 0.5) is 9.59 Å². The predicted octanol–water partition coefficient (Wildman–Crippen LogP) is 4.81. The molecular weight excluding hydrogens is 396 g/mol. The molecule has 0 saturated carbocycles. The lowest BCUT2D eigenvalue weighted by Crippen LogP contribution is -2.42. The molecule has 31 heavy (non-hydrogen) atoms. The van der Waals surface area contributed by atoms with Gasteiger partial charge in [-0.1, -0.05) is 0 Å². The summed E-state index contributed by atoms with van der Waals surface area (Å²) in [7, 11) is 0. The summed E-state index contributed by atoms with van der Waals surface area (Å²) in [6, 6.07) is 0. The monoisotopic (exact) mass is 440 g/mol. The summed E-state index contributed by atoms with van der Waals surface area (Å²) < 4.78 is 11.1. The minimum absolute atomic E-state index is 0.0932. The molecule has 0 aromatic heterocycles. The number of aliphatic hydroxyl groups excluding tert-OH is 1. The molecule has 7 heteroatoms. The molecule has 2 aliphatic heterocycles. The van der Waals surface area contributed by atoms with Crippen LogP contribution in [0.1, 0.15) is 86.0 Å². The highest BCUT2D eigenvalue weighted by atomic mass is 16.6. The molecule has 2 heterocycles. The van der Waals surface area contributed by atoms with Crippen molar-refractivity contribution in [2.45, 2.75) is 104 Å². The van der Waals surface area contributed by atoms with Crippen molar-refractivity contribution in [3.63, 3.8) is 0 Å². The van der Waals surface area contributed by atoms with E-state index in [-0.39, 0.29) is 24.4 Å². The van der Waals surface area contributed by atoms with Crippen LogP contribution < -0.4 is 0 Å². The normalized spacial score (nSPS) is 21.0. The van der Waals surface area contributed by atoms with Crippen molar-refractivity contribution < 1.29 is 24.2 Å². The van der Waals surface area contributed by atoms with E-state index in [1.54, 1.807) is 4.90 Å². The Kier molecular flexibility index (Phi) is 9.91. The minimum Gasteiger partial charge on any atom is -0.446 e. The van der Waals surface area contributed by atoms with E-state index in [9.17, 15) is 14.7 Å². The van der Waals surface area contributed by atoms with Gasteiger partial charge in [0.05, 0.1) is 6.10 Å². The summed E-state index contributed by atoms with van der Waals surface area (Å²) in [6.07, 6.45) is 6.92. The van der Waals surface area contributed by atoms with Gasteiger partial charge in [0.2, 0.25) is 0 Å². The predicted molar refractivity (Wildman–Crippen MR) is 121 cm³/mol. The Morgan fingerprint density at radius 1 is 0.871 bits per heavy atom. The van der Waals surface area contributed by atoms with Gasteiger partial charge in [-0.3, -0.25) is 0 Å². The number of carbonyl (C=O) groups is 2. The van der Waals surface area contributed by atoms with E-state index in [0.29, 0.717) is 11.8 Å². The molecular formula is C24H44N2O5. The van der Waals surface area contributed by atoms with E-state index < -0.39 is 5.60 Å². The summed E-state index contributed by atoms with van der Waals surface area (Å²) in [6.45, 7) is 12.4. The Balaban J connectivity index is 1.60. The molecule has 0 aromatic carbocycles. The summed E-state index contributed by atoms with van der Waals surface area (Å²) in [5.41, 5.74) is -0.458. The molecule has 2 saturated heterocycles. The second-order valence-electron chi connectivity index (χ2n) is 10.5. The Labute approximate surface area is 188 Å². The lowest BCUT2D eigenvalue weighted by atomic mass is 9.91. The Morgan fingerprint density at radius 3 is 1.77 bits per heavy atom. The quantitative estimate of drug-likeness (QED) is 0.614. The third kappa shape index (κ3) is 9.67. The molecule has 0 aliphatic carbocycles. The van der Waals surface area contributed by atoms with Crippen LogP contribution in [0.15, 0.2) is 0 Å². The van der Waals surface area contributed by atoms with Gasteiger partial charge in [0, 0.05) is 26.2 Å². The summed E-state index contributed by atoms with van der Waals surface area (Å²) in [5, 5.41) is 9.44. The maximum atomic E-state index is 12.5. The van der Waals surface area contributed by atoms with Crippen molar-refractivity contribution in [1.29, 1.82) is 0 Å². The lowest BCUT2D eigenvalue weighted by Gasteiger charge is -2.34. The highest BCUT2D eigenvalue weighted by Gasteiger charge is 2.28. The molecule has 0 unspecified atom stereocenters. The molecule has 0 aromatic rings. The molecule has 2 atom stereocenters. The number of amides is 2. The van der Waals surface area contributed by atoms with Crippen LogP contribution in [0.5, 0.6) is 0 Å². The second kappa shape index (κ2) is 11.9. The molecule has 2 amide bonds. The molecule has 0 radical (unpaired) electrons. The summed E-state index contributed by atoms with van der Waals surface area (Å²) in [4.78, 5) is 28.3. The van der Waals surface area contributed by atoms with E-state index in [1.165, 1.54) is 0 Å². The van der Waals surface area contributed by atoms with Gasteiger partial charge >= 0.3 is 12.2 Å². The van der Waals surface area contributed by atoms with E-state index in [1.807, 2.05) is 39.5 Å². The fraction of sp³-hybridized carbons (Fsp3) is 0.917. The number of piperidine rings is 2. The largest absolute Gasteiger partial charge is 0.446 e. The van der Waals surface area contributed by atoms with Gasteiger partial charge in [0.25, 0.3) is 0 Å². The van der Waals surface area contributed by atoms with Crippen molar-refractivity contribution >= 4 is 12.2 Å². The van der Waals surface area contributed by atoms with Crippen molar-refractivity contribution in [2.75, 3.05) is 26.2 Å². The molecule has 2 aliphatic rings. The van der Waals surface area contributed by atoms with Crippen molar-refractivity contribution in [3.8, 4) is 0 Å². The molecule has 0 bridgehead atoms. The zero-order chi connectivity index (χ0) is 23.0. The highest BCUT2D eigenvalue weighted by Crippen LogP contribution is 2.26. The Morgan fingerprint density at radius 2 is 1.32 bits per heavy atom. The minimum atomic E-state index is -0.458. The number of ether oxygens (including phenoxy) is 2. The Bertz CT molecular complexity index is 559. The first-order valence-corrected chi connectivity index (χ1v) is 12.1. The van der Waals surface area contributed by atoms with Crippen LogP contribution in [-0.4, -0.2) is 71.1 Å². The van der Waals surface area contributed by atoms with Crippen LogP contribution >= 0.6 is 0 Å². The lowest BCUT2D eigenvalue weighted by molar-refractivity contribution is 0.0167. The van der Waals surface area contributed by atoms with Gasteiger partial charge in [-0.2, -0.15) is 0 Å². The number of nitrogens with zero attached hydrogens (tertiary/aromatic N) is 2. The first-order valence-electron chi connectivity index (χ1n) is 12.1. The number of likely N-dealkylation sites (tertiary alicyclic amines) is 2. The van der Waals surface area contributed by atoms with Crippen LogP contribution in [0.3, 0.4) is 0 Å². The van der Waals surface area contributed by atoms with Crippen LogP contribution in [0.2, 0.25) is 0 Å². The number of aliphatic hydroxyl groups is 1. The number of carbonyl (C=O) groups excluding carboxylic acids is 2. The van der Waals surface area contributed by atoms with Crippen molar-refractivity contribution in [2.24, 2.45) is 11.8 Å². The smallest absolute Gasteiger partial charge is 0.410 e. The highest BCUT2D eigenvalue weighted by molar-refractivity contribution is 5.68. The van der Waals surface area contributed by atoms with Gasteiger partial charge < -0.3 is 24.4 Å². The average Bonchev–Trinajstić information content (AvgIpc) is 2.70. The molecule has 2 fully saturated rings. The van der Waals surface area contributed by atoms with E-state index in [0.717, 1.165) is 77.5 Å². The standard InChI is InChI=1S/C24H44N2O5/c1-18(27)6-8-20-10-14-25(15-11-20)22(28)30-19(2)7-9-21-12-16-26(17-13-21)23(29)31-24(3,4)5/h18-21,27H,6-17H2,1-5H3/t18-,19-/m0/s1.